The molecule has 0 aromatic rings. The maximum atomic E-state index is 11.4. The summed E-state index contributed by atoms with van der Waals surface area (Å²) in [6.07, 6.45) is -15.6. The summed E-state index contributed by atoms with van der Waals surface area (Å²) in [5, 5.41) is 59.4. The first-order valence-corrected chi connectivity index (χ1v) is 8.85. The average molecular weight is 426 g/mol. The van der Waals surface area contributed by atoms with E-state index < -0.39 is 86.6 Å². The predicted octanol–water partition coefficient (Wildman–Crippen LogP) is -4.26. The highest BCUT2D eigenvalue weighted by atomic mass is 16.7. The molecule has 13 heteroatoms. The summed E-state index contributed by atoms with van der Waals surface area (Å²) in [5.74, 6) is -1.66. The van der Waals surface area contributed by atoms with Crippen molar-refractivity contribution >= 4 is 11.9 Å². The molecule has 0 spiro atoms. The Bertz CT molecular complexity index is 571. The van der Waals surface area contributed by atoms with E-state index in [4.69, 9.17) is 23.7 Å². The largest absolute Gasteiger partial charge is 0.457 e. The van der Waals surface area contributed by atoms with Crippen LogP contribution in [0.3, 0.4) is 0 Å². The third-order valence-electron chi connectivity index (χ3n) is 4.53. The van der Waals surface area contributed by atoms with Gasteiger partial charge in [-0.25, -0.2) is 0 Å². The van der Waals surface area contributed by atoms with Crippen molar-refractivity contribution in [2.24, 2.45) is 0 Å². The zero-order chi connectivity index (χ0) is 21.9. The Morgan fingerprint density at radius 3 is 1.83 bits per heavy atom. The molecule has 2 aliphatic heterocycles. The van der Waals surface area contributed by atoms with Crippen molar-refractivity contribution in [3.63, 3.8) is 0 Å². The number of aliphatic hydroxyl groups excluding tert-OH is 6. The monoisotopic (exact) mass is 426 g/mol. The first-order chi connectivity index (χ1) is 13.6. The summed E-state index contributed by atoms with van der Waals surface area (Å²) in [6.45, 7) is 0.643. The molecule has 2 saturated heterocycles. The lowest BCUT2D eigenvalue weighted by molar-refractivity contribution is -0.356. The Hall–Kier alpha value is -1.42. The van der Waals surface area contributed by atoms with Gasteiger partial charge in [-0.2, -0.15) is 0 Å². The Labute approximate surface area is 165 Å². The summed E-state index contributed by atoms with van der Waals surface area (Å²) in [5.41, 5.74) is 0. The van der Waals surface area contributed by atoms with Crippen molar-refractivity contribution in [3.05, 3.63) is 0 Å². The van der Waals surface area contributed by atoms with E-state index in [1.807, 2.05) is 0 Å². The molecule has 6 N–H and O–H groups in total. The zero-order valence-electron chi connectivity index (χ0n) is 15.7. The molecule has 0 saturated carbocycles. The molecule has 2 heterocycles. The standard InChI is InChI=1S/C16H26O13/c1-5(19)25-13-9(21)7(3-17)28-16(11(13)23)29-12-8(4-18)27-15(24)10(22)14(12)26-6(2)20/h7-18,21-24H,3-4H2,1-2H3/t7?,8?,9?,10?,11?,12-,13?,14?,15-,16+/m1/s1. The minimum absolute atomic E-state index is 0.717. The molecule has 0 bridgehead atoms. The Kier molecular flexibility index (Phi) is 8.28. The van der Waals surface area contributed by atoms with Crippen molar-refractivity contribution in [2.45, 2.75) is 75.3 Å². The minimum atomic E-state index is -1.80. The van der Waals surface area contributed by atoms with E-state index in [0.29, 0.717) is 0 Å². The second kappa shape index (κ2) is 10.1. The van der Waals surface area contributed by atoms with Crippen molar-refractivity contribution in [3.8, 4) is 0 Å². The highest BCUT2D eigenvalue weighted by Gasteiger charge is 2.52. The van der Waals surface area contributed by atoms with Gasteiger partial charge in [-0.1, -0.05) is 0 Å². The number of carbonyl (C=O) groups is 2. The molecule has 0 radical (unpaired) electrons. The van der Waals surface area contributed by atoms with Gasteiger partial charge in [-0.05, 0) is 0 Å². The summed E-state index contributed by atoms with van der Waals surface area (Å²) in [4.78, 5) is 22.7. The quantitative estimate of drug-likeness (QED) is 0.223. The van der Waals surface area contributed by atoms with Crippen LogP contribution in [0.2, 0.25) is 0 Å². The SMILES string of the molecule is CC(=O)OC1C(O)C(CO)O[C@@H](O[C@@H]2C(CO)O[C@@H](O)C(O)C2OC(C)=O)C1O. The number of esters is 2. The van der Waals surface area contributed by atoms with Gasteiger partial charge in [0.25, 0.3) is 0 Å². The van der Waals surface area contributed by atoms with Crippen molar-refractivity contribution < 1.29 is 63.9 Å². The van der Waals surface area contributed by atoms with E-state index in [2.05, 4.69) is 0 Å². The fourth-order valence-corrected chi connectivity index (χ4v) is 3.20. The van der Waals surface area contributed by atoms with E-state index in [-0.39, 0.29) is 0 Å². The lowest BCUT2D eigenvalue weighted by Gasteiger charge is -2.46. The Balaban J connectivity index is 2.27. The first-order valence-electron chi connectivity index (χ1n) is 8.85. The maximum Gasteiger partial charge on any atom is 0.303 e. The molecule has 2 aliphatic rings. The number of carbonyl (C=O) groups excluding carboxylic acids is 2. The number of aliphatic hydroxyl groups is 6. The highest BCUT2D eigenvalue weighted by molar-refractivity contribution is 5.66. The molecule has 7 unspecified atom stereocenters. The zero-order valence-corrected chi connectivity index (χ0v) is 15.7. The van der Waals surface area contributed by atoms with Crippen LogP contribution in [0.5, 0.6) is 0 Å². The van der Waals surface area contributed by atoms with E-state index in [0.717, 1.165) is 13.8 Å². The van der Waals surface area contributed by atoms with Crippen LogP contribution >= 0.6 is 0 Å². The summed E-state index contributed by atoms with van der Waals surface area (Å²) in [6, 6.07) is 0. The van der Waals surface area contributed by atoms with Crippen LogP contribution < -0.4 is 0 Å². The van der Waals surface area contributed by atoms with Crippen LogP contribution in [0.1, 0.15) is 13.8 Å². The van der Waals surface area contributed by atoms with Gasteiger partial charge in [0.15, 0.2) is 24.8 Å². The predicted molar refractivity (Wildman–Crippen MR) is 87.7 cm³/mol. The molecule has 2 rings (SSSR count). The summed E-state index contributed by atoms with van der Waals surface area (Å²) < 4.78 is 25.7. The summed E-state index contributed by atoms with van der Waals surface area (Å²) >= 11 is 0. The molecule has 0 amide bonds. The van der Waals surface area contributed by atoms with Gasteiger partial charge >= 0.3 is 11.9 Å². The van der Waals surface area contributed by atoms with Gasteiger partial charge < -0.3 is 54.3 Å². The Morgan fingerprint density at radius 2 is 1.31 bits per heavy atom. The molecular weight excluding hydrogens is 400 g/mol. The van der Waals surface area contributed by atoms with Crippen LogP contribution in [0, 0.1) is 0 Å². The molecular formula is C16H26O13. The average Bonchev–Trinajstić information content (AvgIpc) is 2.65. The van der Waals surface area contributed by atoms with Crippen LogP contribution in [0.4, 0.5) is 0 Å². The van der Waals surface area contributed by atoms with Crippen LogP contribution in [-0.2, 0) is 33.3 Å². The Morgan fingerprint density at radius 1 is 0.759 bits per heavy atom. The third kappa shape index (κ3) is 5.39. The van der Waals surface area contributed by atoms with E-state index in [9.17, 15) is 40.2 Å². The van der Waals surface area contributed by atoms with E-state index in [1.165, 1.54) is 0 Å². The highest BCUT2D eigenvalue weighted by Crippen LogP contribution is 2.31. The van der Waals surface area contributed by atoms with E-state index in [1.54, 1.807) is 0 Å². The third-order valence-corrected chi connectivity index (χ3v) is 4.53. The second-order valence-corrected chi connectivity index (χ2v) is 6.69. The van der Waals surface area contributed by atoms with Gasteiger partial charge in [-0.3, -0.25) is 9.59 Å². The molecule has 0 aromatic heterocycles. The molecule has 0 aliphatic carbocycles. The van der Waals surface area contributed by atoms with Gasteiger partial charge in [0, 0.05) is 13.8 Å². The maximum absolute atomic E-state index is 11.4. The van der Waals surface area contributed by atoms with Crippen molar-refractivity contribution in [2.75, 3.05) is 13.2 Å². The topological polar surface area (TPSA) is 202 Å². The molecule has 10 atom stereocenters. The van der Waals surface area contributed by atoms with Crippen LogP contribution in [-0.4, -0.2) is 117 Å². The molecule has 168 valence electrons. The van der Waals surface area contributed by atoms with Crippen LogP contribution in [0.25, 0.3) is 0 Å². The van der Waals surface area contributed by atoms with Gasteiger partial charge in [0.05, 0.1) is 13.2 Å². The molecule has 0 aromatic carbocycles. The van der Waals surface area contributed by atoms with Gasteiger partial charge in [0.2, 0.25) is 0 Å². The lowest BCUT2D eigenvalue weighted by atomic mass is 9.96. The lowest BCUT2D eigenvalue weighted by Crippen LogP contribution is -2.65. The van der Waals surface area contributed by atoms with Crippen LogP contribution in [0.15, 0.2) is 0 Å². The van der Waals surface area contributed by atoms with E-state index >= 15 is 0 Å². The van der Waals surface area contributed by atoms with Crippen molar-refractivity contribution in [1.29, 1.82) is 0 Å². The minimum Gasteiger partial charge on any atom is -0.457 e. The number of hydrogen-bond donors (Lipinski definition) is 6. The van der Waals surface area contributed by atoms with Gasteiger partial charge in [0.1, 0.15) is 36.6 Å². The van der Waals surface area contributed by atoms with Crippen molar-refractivity contribution in [1.82, 2.24) is 0 Å². The molecule has 13 nitrogen and oxygen atoms in total. The normalized spacial score (nSPS) is 42.9. The van der Waals surface area contributed by atoms with Gasteiger partial charge in [-0.15, -0.1) is 0 Å². The molecule has 29 heavy (non-hydrogen) atoms. The number of rotatable bonds is 6. The molecule has 2 fully saturated rings. The second-order valence-electron chi connectivity index (χ2n) is 6.69. The smallest absolute Gasteiger partial charge is 0.303 e. The fraction of sp³-hybridized carbons (Fsp3) is 0.875. The first kappa shape index (κ1) is 23.9. The number of ether oxygens (including phenoxy) is 5. The fourth-order valence-electron chi connectivity index (χ4n) is 3.20. The summed E-state index contributed by atoms with van der Waals surface area (Å²) in [7, 11) is 0. The number of hydrogen-bond acceptors (Lipinski definition) is 13.